The minimum atomic E-state index is 0.00997. The molecule has 0 aliphatic carbocycles. The third-order valence-corrected chi connectivity index (χ3v) is 5.67. The molecule has 26 heavy (non-hydrogen) atoms. The Hall–Kier alpha value is -2.02. The number of aromatic amines is 1. The number of rotatable bonds is 5. The number of nitrogens with zero attached hydrogens (tertiary/aromatic N) is 3. The molecule has 3 N–H and O–H groups in total. The summed E-state index contributed by atoms with van der Waals surface area (Å²) >= 11 is 7.79. The first-order valence-electron chi connectivity index (χ1n) is 8.50. The summed E-state index contributed by atoms with van der Waals surface area (Å²) in [5.74, 6) is 0.820. The second kappa shape index (κ2) is 7.31. The van der Waals surface area contributed by atoms with E-state index < -0.39 is 0 Å². The van der Waals surface area contributed by atoms with Gasteiger partial charge in [-0.25, -0.2) is 0 Å². The summed E-state index contributed by atoms with van der Waals surface area (Å²) in [6.45, 7) is 2.73. The molecule has 7 heteroatoms. The van der Waals surface area contributed by atoms with Gasteiger partial charge in [0.05, 0.1) is 23.6 Å². The lowest BCUT2D eigenvalue weighted by Gasteiger charge is -2.18. The largest absolute Gasteiger partial charge is 0.326 e. The summed E-state index contributed by atoms with van der Waals surface area (Å²) in [5.41, 5.74) is 10.7. The number of nitrogens with one attached hydrogen (secondary N) is 1. The molecular weight excluding hydrogens is 366 g/mol. The summed E-state index contributed by atoms with van der Waals surface area (Å²) < 4.78 is 0. The van der Waals surface area contributed by atoms with E-state index >= 15 is 0 Å². The molecule has 0 saturated carbocycles. The first-order chi connectivity index (χ1) is 12.6. The van der Waals surface area contributed by atoms with Crippen LogP contribution in [0.25, 0.3) is 10.9 Å². The van der Waals surface area contributed by atoms with Crippen molar-refractivity contribution in [1.82, 2.24) is 15.2 Å². The van der Waals surface area contributed by atoms with Crippen molar-refractivity contribution in [3.8, 4) is 0 Å². The van der Waals surface area contributed by atoms with Crippen molar-refractivity contribution in [1.29, 1.82) is 0 Å². The lowest BCUT2D eigenvalue weighted by molar-refractivity contribution is 0.320. The minimum absolute atomic E-state index is 0.00997. The zero-order valence-corrected chi connectivity index (χ0v) is 16.0. The topological polar surface area (TPSA) is 70.3 Å². The molecule has 1 atom stereocenters. The number of hydrogen-bond donors (Lipinski definition) is 2. The maximum Gasteiger partial charge on any atom is 0.125 e. The molecule has 1 unspecified atom stereocenters. The van der Waals surface area contributed by atoms with Crippen molar-refractivity contribution in [3.05, 3.63) is 64.3 Å². The SMILES string of the molecule is Cc1n[nH]c2ccc(C3=NN(CC(N)Cc4cccc(Cl)c4)CS3)cc12. The van der Waals surface area contributed by atoms with E-state index in [0.717, 1.165) is 56.6 Å². The van der Waals surface area contributed by atoms with E-state index in [1.54, 1.807) is 11.8 Å². The van der Waals surface area contributed by atoms with Crippen LogP contribution in [0.15, 0.2) is 47.6 Å². The van der Waals surface area contributed by atoms with Crippen LogP contribution in [0.5, 0.6) is 0 Å². The molecule has 134 valence electrons. The molecule has 0 radical (unpaired) electrons. The molecule has 5 nitrogen and oxygen atoms in total. The average molecular weight is 386 g/mol. The molecule has 3 aromatic rings. The van der Waals surface area contributed by atoms with Crippen LogP contribution in [-0.2, 0) is 6.42 Å². The number of aryl methyl sites for hydroxylation is 1. The lowest BCUT2D eigenvalue weighted by atomic mass is 10.1. The second-order valence-corrected chi connectivity index (χ2v) is 7.90. The summed E-state index contributed by atoms with van der Waals surface area (Å²) in [7, 11) is 0. The van der Waals surface area contributed by atoms with Gasteiger partial charge in [0.1, 0.15) is 5.04 Å². The van der Waals surface area contributed by atoms with Gasteiger partial charge in [0.25, 0.3) is 0 Å². The van der Waals surface area contributed by atoms with Crippen LogP contribution >= 0.6 is 23.4 Å². The Kier molecular flexibility index (Phi) is 4.89. The Labute approximate surface area is 161 Å². The van der Waals surface area contributed by atoms with Crippen LogP contribution in [0, 0.1) is 6.92 Å². The van der Waals surface area contributed by atoms with Gasteiger partial charge in [-0.1, -0.05) is 41.6 Å². The number of fused-ring (bicyclic) bond motifs is 1. The fraction of sp³-hybridized carbons (Fsp3) is 0.263. The second-order valence-electron chi connectivity index (χ2n) is 6.53. The van der Waals surface area contributed by atoms with Gasteiger partial charge in [0, 0.05) is 22.0 Å². The number of nitrogens with two attached hydrogens (primary N) is 1. The molecule has 0 bridgehead atoms. The standard InChI is InChI=1S/C19H20ClN5S/c1-12-17-9-14(5-6-18(17)23-22-12)19-24-25(11-26-19)10-16(21)8-13-3-2-4-15(20)7-13/h2-7,9,16H,8,10-11,21H2,1H3,(H,22,23). The number of halogens is 1. The van der Waals surface area contributed by atoms with Crippen molar-refractivity contribution in [2.24, 2.45) is 10.8 Å². The average Bonchev–Trinajstić information content (AvgIpc) is 3.22. The Morgan fingerprint density at radius 3 is 3.04 bits per heavy atom. The van der Waals surface area contributed by atoms with E-state index in [4.69, 9.17) is 22.4 Å². The van der Waals surface area contributed by atoms with Crippen molar-refractivity contribution in [2.45, 2.75) is 19.4 Å². The monoisotopic (exact) mass is 385 g/mol. The fourth-order valence-electron chi connectivity index (χ4n) is 3.14. The molecular formula is C19H20ClN5S. The van der Waals surface area contributed by atoms with Crippen LogP contribution in [0.3, 0.4) is 0 Å². The lowest BCUT2D eigenvalue weighted by Crippen LogP contribution is -2.35. The number of benzene rings is 2. The summed E-state index contributed by atoms with van der Waals surface area (Å²) in [4.78, 5) is 0. The van der Waals surface area contributed by atoms with Crippen LogP contribution in [0.1, 0.15) is 16.8 Å². The van der Waals surface area contributed by atoms with Crippen molar-refractivity contribution >= 4 is 39.3 Å². The highest BCUT2D eigenvalue weighted by Gasteiger charge is 2.19. The minimum Gasteiger partial charge on any atom is -0.326 e. The zero-order chi connectivity index (χ0) is 18.1. The predicted octanol–water partition coefficient (Wildman–Crippen LogP) is 3.76. The van der Waals surface area contributed by atoms with Crippen LogP contribution in [-0.4, -0.2) is 38.7 Å². The molecule has 2 aromatic carbocycles. The third-order valence-electron chi connectivity index (χ3n) is 4.42. The smallest absolute Gasteiger partial charge is 0.125 e. The van der Waals surface area contributed by atoms with E-state index in [2.05, 4.69) is 34.5 Å². The highest BCUT2D eigenvalue weighted by atomic mass is 35.5. The number of aromatic nitrogens is 2. The quantitative estimate of drug-likeness (QED) is 0.701. The van der Waals surface area contributed by atoms with Gasteiger partial charge >= 0.3 is 0 Å². The van der Waals surface area contributed by atoms with E-state index in [1.807, 2.05) is 30.1 Å². The summed E-state index contributed by atoms with van der Waals surface area (Å²) in [6, 6.07) is 14.2. The predicted molar refractivity (Wildman–Crippen MR) is 110 cm³/mol. The Morgan fingerprint density at radius 2 is 2.19 bits per heavy atom. The molecule has 0 saturated heterocycles. The maximum atomic E-state index is 6.32. The van der Waals surface area contributed by atoms with E-state index in [-0.39, 0.29) is 6.04 Å². The van der Waals surface area contributed by atoms with Crippen LogP contribution < -0.4 is 5.73 Å². The molecule has 0 amide bonds. The summed E-state index contributed by atoms with van der Waals surface area (Å²) in [6.07, 6.45) is 0.784. The van der Waals surface area contributed by atoms with E-state index in [1.165, 1.54) is 0 Å². The van der Waals surface area contributed by atoms with Crippen molar-refractivity contribution in [3.63, 3.8) is 0 Å². The number of hydrazone groups is 1. The fourth-order valence-corrected chi connectivity index (χ4v) is 4.25. The molecule has 0 fully saturated rings. The zero-order valence-electron chi connectivity index (χ0n) is 14.4. The number of H-pyrrole nitrogens is 1. The van der Waals surface area contributed by atoms with Gasteiger partial charge in [-0.2, -0.15) is 10.2 Å². The maximum absolute atomic E-state index is 6.32. The third kappa shape index (κ3) is 3.72. The van der Waals surface area contributed by atoms with E-state index in [0.29, 0.717) is 0 Å². The highest BCUT2D eigenvalue weighted by molar-refractivity contribution is 8.14. The van der Waals surface area contributed by atoms with Gasteiger partial charge in [0.2, 0.25) is 0 Å². The van der Waals surface area contributed by atoms with Crippen molar-refractivity contribution < 1.29 is 0 Å². The number of hydrogen-bond acceptors (Lipinski definition) is 5. The molecule has 0 spiro atoms. The number of thioether (sulfide) groups is 1. The van der Waals surface area contributed by atoms with Gasteiger partial charge in [-0.05, 0) is 43.2 Å². The highest BCUT2D eigenvalue weighted by Crippen LogP contribution is 2.26. The molecule has 2 heterocycles. The van der Waals surface area contributed by atoms with Gasteiger partial charge in [-0.3, -0.25) is 10.1 Å². The first-order valence-corrected chi connectivity index (χ1v) is 9.86. The molecule has 1 aliphatic rings. The van der Waals surface area contributed by atoms with Gasteiger partial charge < -0.3 is 5.73 Å². The van der Waals surface area contributed by atoms with Gasteiger partial charge in [-0.15, -0.1) is 0 Å². The normalized spacial score (nSPS) is 15.5. The Morgan fingerprint density at radius 1 is 1.31 bits per heavy atom. The Bertz CT molecular complexity index is 967. The van der Waals surface area contributed by atoms with Crippen molar-refractivity contribution in [2.75, 3.05) is 12.4 Å². The van der Waals surface area contributed by atoms with E-state index in [9.17, 15) is 0 Å². The van der Waals surface area contributed by atoms with Crippen LogP contribution in [0.4, 0.5) is 0 Å². The van der Waals surface area contributed by atoms with Crippen LogP contribution in [0.2, 0.25) is 5.02 Å². The summed E-state index contributed by atoms with van der Waals surface area (Å²) in [5, 5.41) is 17.0. The Balaban J connectivity index is 1.44. The van der Waals surface area contributed by atoms with Gasteiger partial charge in [0.15, 0.2) is 0 Å². The molecule has 1 aliphatic heterocycles. The first kappa shape index (κ1) is 17.4. The molecule has 4 rings (SSSR count). The molecule has 1 aromatic heterocycles.